The van der Waals surface area contributed by atoms with Crippen molar-refractivity contribution in [2.75, 3.05) is 39.4 Å². The van der Waals surface area contributed by atoms with Crippen molar-refractivity contribution in [2.24, 2.45) is 5.92 Å². The van der Waals surface area contributed by atoms with E-state index in [4.69, 9.17) is 9.15 Å². The first-order valence-corrected chi connectivity index (χ1v) is 8.70. The average Bonchev–Trinajstić information content (AvgIpc) is 3.28. The Morgan fingerprint density at radius 2 is 2.17 bits per heavy atom. The van der Waals surface area contributed by atoms with Crippen LogP contribution in [0.5, 0.6) is 0 Å². The van der Waals surface area contributed by atoms with Crippen LogP contribution in [0.2, 0.25) is 0 Å². The molecule has 6 heteroatoms. The highest BCUT2D eigenvalue weighted by Gasteiger charge is 2.25. The quantitative estimate of drug-likeness (QED) is 0.842. The number of nitrogens with one attached hydrogen (secondary N) is 2. The van der Waals surface area contributed by atoms with Crippen molar-refractivity contribution in [3.63, 3.8) is 0 Å². The zero-order valence-electron chi connectivity index (χ0n) is 13.6. The number of carbonyl (C=O) groups is 1. The summed E-state index contributed by atoms with van der Waals surface area (Å²) in [5.74, 6) is 1.38. The maximum Gasteiger partial charge on any atom is 0.314 e. The molecule has 0 spiro atoms. The Labute approximate surface area is 137 Å². The highest BCUT2D eigenvalue weighted by molar-refractivity contribution is 5.73. The van der Waals surface area contributed by atoms with Gasteiger partial charge in [-0.05, 0) is 44.5 Å². The fourth-order valence-electron chi connectivity index (χ4n) is 3.35. The van der Waals surface area contributed by atoms with Crippen LogP contribution in [0.4, 0.5) is 4.79 Å². The van der Waals surface area contributed by atoms with E-state index in [-0.39, 0.29) is 12.1 Å². The Kier molecular flexibility index (Phi) is 5.93. The van der Waals surface area contributed by atoms with Gasteiger partial charge in [-0.3, -0.25) is 4.90 Å². The first-order chi connectivity index (χ1) is 11.3. The van der Waals surface area contributed by atoms with Gasteiger partial charge in [0.05, 0.1) is 18.9 Å². The Bertz CT molecular complexity index is 465. The number of furan rings is 1. The van der Waals surface area contributed by atoms with Gasteiger partial charge in [-0.1, -0.05) is 6.42 Å². The lowest BCUT2D eigenvalue weighted by Gasteiger charge is -2.33. The summed E-state index contributed by atoms with van der Waals surface area (Å²) < 4.78 is 10.9. The van der Waals surface area contributed by atoms with Gasteiger partial charge in [-0.25, -0.2) is 4.79 Å². The van der Waals surface area contributed by atoms with Crippen LogP contribution in [0.1, 0.15) is 37.5 Å². The maximum absolute atomic E-state index is 12.0. The van der Waals surface area contributed by atoms with Gasteiger partial charge in [0.1, 0.15) is 5.76 Å². The minimum atomic E-state index is -0.106. The van der Waals surface area contributed by atoms with E-state index in [0.717, 1.165) is 38.5 Å². The Balaban J connectivity index is 1.48. The standard InChI is InChI=1S/C17H27N3O3/c21-17(18-11-14-6-10-22-13-14)19-12-15(16-5-4-9-23-16)20-7-2-1-3-8-20/h4-5,9,14-15H,1-3,6-8,10-13H2,(H2,18,19,21)/t14-,15+/m1/s1. The first kappa shape index (κ1) is 16.3. The summed E-state index contributed by atoms with van der Waals surface area (Å²) in [5.41, 5.74) is 0. The Hall–Kier alpha value is -1.53. The number of hydrogen-bond acceptors (Lipinski definition) is 4. The lowest BCUT2D eigenvalue weighted by molar-refractivity contribution is 0.143. The summed E-state index contributed by atoms with van der Waals surface area (Å²) in [4.78, 5) is 14.5. The van der Waals surface area contributed by atoms with E-state index in [2.05, 4.69) is 15.5 Å². The molecule has 6 nitrogen and oxygen atoms in total. The van der Waals surface area contributed by atoms with Crippen molar-refractivity contribution in [2.45, 2.75) is 31.7 Å². The zero-order chi connectivity index (χ0) is 15.9. The highest BCUT2D eigenvalue weighted by Crippen LogP contribution is 2.24. The monoisotopic (exact) mass is 321 g/mol. The second-order valence-corrected chi connectivity index (χ2v) is 6.45. The molecule has 0 aromatic carbocycles. The van der Waals surface area contributed by atoms with Crippen LogP contribution in [-0.2, 0) is 4.74 Å². The molecule has 2 aliphatic rings. The van der Waals surface area contributed by atoms with E-state index in [1.165, 1.54) is 19.3 Å². The second-order valence-electron chi connectivity index (χ2n) is 6.45. The lowest BCUT2D eigenvalue weighted by atomic mass is 10.1. The third kappa shape index (κ3) is 4.72. The highest BCUT2D eigenvalue weighted by atomic mass is 16.5. The molecule has 2 aliphatic heterocycles. The van der Waals surface area contributed by atoms with E-state index in [1.54, 1.807) is 6.26 Å². The Morgan fingerprint density at radius 1 is 1.30 bits per heavy atom. The van der Waals surface area contributed by atoms with Crippen molar-refractivity contribution < 1.29 is 13.9 Å². The van der Waals surface area contributed by atoms with Crippen molar-refractivity contribution in [3.8, 4) is 0 Å². The van der Waals surface area contributed by atoms with E-state index >= 15 is 0 Å². The molecule has 0 aliphatic carbocycles. The fourth-order valence-corrected chi connectivity index (χ4v) is 3.35. The van der Waals surface area contributed by atoms with E-state index in [9.17, 15) is 4.79 Å². The smallest absolute Gasteiger partial charge is 0.314 e. The third-order valence-corrected chi connectivity index (χ3v) is 4.73. The van der Waals surface area contributed by atoms with E-state index in [1.807, 2.05) is 12.1 Å². The molecule has 2 fully saturated rings. The fraction of sp³-hybridized carbons (Fsp3) is 0.706. The van der Waals surface area contributed by atoms with Crippen LogP contribution < -0.4 is 10.6 Å². The van der Waals surface area contributed by atoms with Crippen LogP contribution >= 0.6 is 0 Å². The SMILES string of the molecule is O=C(NC[C@H]1CCOC1)NC[C@@H](c1ccco1)N1CCCCC1. The molecule has 0 saturated carbocycles. The molecule has 23 heavy (non-hydrogen) atoms. The summed E-state index contributed by atoms with van der Waals surface area (Å²) in [6, 6.07) is 3.91. The van der Waals surface area contributed by atoms with Crippen molar-refractivity contribution in [3.05, 3.63) is 24.2 Å². The largest absolute Gasteiger partial charge is 0.468 e. The van der Waals surface area contributed by atoms with Gasteiger partial charge >= 0.3 is 6.03 Å². The number of rotatable bonds is 6. The molecule has 2 N–H and O–H groups in total. The number of hydrogen-bond donors (Lipinski definition) is 2. The van der Waals surface area contributed by atoms with E-state index < -0.39 is 0 Å². The molecule has 1 aromatic rings. The second kappa shape index (κ2) is 8.36. The summed E-state index contributed by atoms with van der Waals surface area (Å²) in [6.07, 6.45) is 6.45. The van der Waals surface area contributed by atoms with Gasteiger partial charge in [-0.15, -0.1) is 0 Å². The molecule has 0 unspecified atom stereocenters. The number of nitrogens with zero attached hydrogens (tertiary/aromatic N) is 1. The van der Waals surface area contributed by atoms with Crippen LogP contribution in [0.15, 0.2) is 22.8 Å². The van der Waals surface area contributed by atoms with Gasteiger partial charge < -0.3 is 19.8 Å². The summed E-state index contributed by atoms with van der Waals surface area (Å²) in [5, 5.41) is 5.95. The third-order valence-electron chi connectivity index (χ3n) is 4.73. The predicted molar refractivity (Wildman–Crippen MR) is 87.2 cm³/mol. The van der Waals surface area contributed by atoms with Gasteiger partial charge in [0.25, 0.3) is 0 Å². The molecule has 2 atom stereocenters. The van der Waals surface area contributed by atoms with E-state index in [0.29, 0.717) is 19.0 Å². The first-order valence-electron chi connectivity index (χ1n) is 8.70. The van der Waals surface area contributed by atoms with Gasteiger partial charge in [-0.2, -0.15) is 0 Å². The molecule has 3 heterocycles. The Morgan fingerprint density at radius 3 is 2.87 bits per heavy atom. The van der Waals surface area contributed by atoms with Crippen LogP contribution in [0, 0.1) is 5.92 Å². The van der Waals surface area contributed by atoms with Crippen LogP contribution in [-0.4, -0.2) is 50.3 Å². The van der Waals surface area contributed by atoms with Crippen molar-refractivity contribution in [1.82, 2.24) is 15.5 Å². The average molecular weight is 321 g/mol. The van der Waals surface area contributed by atoms with Crippen molar-refractivity contribution >= 4 is 6.03 Å². The molecule has 0 bridgehead atoms. The van der Waals surface area contributed by atoms with Crippen LogP contribution in [0.25, 0.3) is 0 Å². The molecule has 2 amide bonds. The number of piperidine rings is 1. The molecule has 2 saturated heterocycles. The molecular formula is C17H27N3O3. The molecule has 128 valence electrons. The molecular weight excluding hydrogens is 294 g/mol. The van der Waals surface area contributed by atoms with Crippen LogP contribution in [0.3, 0.4) is 0 Å². The number of urea groups is 1. The van der Waals surface area contributed by atoms with Gasteiger partial charge in [0, 0.05) is 25.6 Å². The van der Waals surface area contributed by atoms with Gasteiger partial charge in [0.2, 0.25) is 0 Å². The molecule has 3 rings (SSSR count). The normalized spacial score (nSPS) is 23.6. The zero-order valence-corrected chi connectivity index (χ0v) is 13.6. The lowest BCUT2D eigenvalue weighted by Crippen LogP contribution is -2.44. The number of likely N-dealkylation sites (tertiary alicyclic amines) is 1. The summed E-state index contributed by atoms with van der Waals surface area (Å²) in [6.45, 7) is 4.94. The minimum absolute atomic E-state index is 0.106. The topological polar surface area (TPSA) is 66.7 Å². The van der Waals surface area contributed by atoms with Crippen molar-refractivity contribution in [1.29, 1.82) is 0 Å². The molecule has 0 radical (unpaired) electrons. The summed E-state index contributed by atoms with van der Waals surface area (Å²) in [7, 11) is 0. The number of amides is 2. The molecule has 1 aromatic heterocycles. The minimum Gasteiger partial charge on any atom is -0.468 e. The van der Waals surface area contributed by atoms with Gasteiger partial charge in [0.15, 0.2) is 0 Å². The number of ether oxygens (including phenoxy) is 1. The summed E-state index contributed by atoms with van der Waals surface area (Å²) >= 11 is 0. The maximum atomic E-state index is 12.0. The predicted octanol–water partition coefficient (Wildman–Crippen LogP) is 2.14. The number of carbonyl (C=O) groups excluding carboxylic acids is 1.